The van der Waals surface area contributed by atoms with Gasteiger partial charge in [0.05, 0.1) is 19.3 Å². The van der Waals surface area contributed by atoms with Gasteiger partial charge >= 0.3 is 0 Å². The zero-order chi connectivity index (χ0) is 17.2. The minimum absolute atomic E-state index is 0.0123. The summed E-state index contributed by atoms with van der Waals surface area (Å²) in [6, 6.07) is 17.5. The van der Waals surface area contributed by atoms with Gasteiger partial charge < -0.3 is 14.8 Å². The van der Waals surface area contributed by atoms with Crippen LogP contribution in [0.3, 0.4) is 0 Å². The molecule has 0 radical (unpaired) electrons. The number of ether oxygens (including phenoxy) is 2. The molecule has 0 saturated carbocycles. The smallest absolute Gasteiger partial charge is 0.220 e. The van der Waals surface area contributed by atoms with Gasteiger partial charge in [-0.15, -0.1) is 0 Å². The van der Waals surface area contributed by atoms with Crippen LogP contribution in [0.1, 0.15) is 38.3 Å². The van der Waals surface area contributed by atoms with Crippen LogP contribution in [0.5, 0.6) is 11.5 Å². The number of carbonyl (C=O) groups is 1. The molecular weight excluding hydrogens is 302 g/mol. The maximum absolute atomic E-state index is 12.0. The lowest BCUT2D eigenvalue weighted by atomic mass is 10.1. The van der Waals surface area contributed by atoms with Crippen molar-refractivity contribution in [1.82, 2.24) is 5.32 Å². The van der Waals surface area contributed by atoms with Crippen LogP contribution in [0.4, 0.5) is 0 Å². The molecule has 0 aliphatic carbocycles. The predicted molar refractivity (Wildman–Crippen MR) is 95.3 cm³/mol. The van der Waals surface area contributed by atoms with E-state index in [1.54, 1.807) is 0 Å². The Labute approximate surface area is 143 Å². The van der Waals surface area contributed by atoms with E-state index in [0.29, 0.717) is 26.1 Å². The quantitative estimate of drug-likeness (QED) is 0.705. The number of hydrogen-bond donors (Lipinski definition) is 1. The molecule has 0 aliphatic heterocycles. The van der Waals surface area contributed by atoms with Gasteiger partial charge in [-0.25, -0.2) is 0 Å². The number of hydrogen-bond acceptors (Lipinski definition) is 3. The number of para-hydroxylation sites is 2. The second-order valence-electron chi connectivity index (χ2n) is 5.53. The summed E-state index contributed by atoms with van der Waals surface area (Å²) in [5.74, 6) is 1.49. The van der Waals surface area contributed by atoms with Crippen molar-refractivity contribution in [3.63, 3.8) is 0 Å². The van der Waals surface area contributed by atoms with Gasteiger partial charge in [-0.1, -0.05) is 42.5 Å². The van der Waals surface area contributed by atoms with Crippen molar-refractivity contribution in [2.75, 3.05) is 13.2 Å². The Bertz CT molecular complexity index is 628. The van der Waals surface area contributed by atoms with E-state index < -0.39 is 0 Å². The molecule has 1 unspecified atom stereocenters. The lowest BCUT2D eigenvalue weighted by Gasteiger charge is -2.14. The molecule has 2 rings (SSSR count). The van der Waals surface area contributed by atoms with E-state index in [9.17, 15) is 4.79 Å². The highest BCUT2D eigenvalue weighted by molar-refractivity contribution is 5.76. The van der Waals surface area contributed by atoms with Crippen LogP contribution in [0.2, 0.25) is 0 Å². The van der Waals surface area contributed by atoms with Gasteiger partial charge in [0.2, 0.25) is 5.91 Å². The fourth-order valence-corrected chi connectivity index (χ4v) is 2.40. The molecular formula is C20H25NO3. The number of carbonyl (C=O) groups excluding carboxylic acids is 1. The lowest BCUT2D eigenvalue weighted by Crippen LogP contribution is -2.26. The highest BCUT2D eigenvalue weighted by Crippen LogP contribution is 2.26. The molecule has 128 valence electrons. The average Bonchev–Trinajstić information content (AvgIpc) is 2.61. The Balaban J connectivity index is 1.71. The molecule has 0 saturated heterocycles. The number of nitrogens with one attached hydrogen (secondary N) is 1. The largest absolute Gasteiger partial charge is 0.490 e. The lowest BCUT2D eigenvalue weighted by molar-refractivity contribution is -0.121. The zero-order valence-electron chi connectivity index (χ0n) is 14.3. The van der Waals surface area contributed by atoms with Crippen molar-refractivity contribution >= 4 is 5.91 Å². The first kappa shape index (κ1) is 17.9. The van der Waals surface area contributed by atoms with Gasteiger partial charge in [0.1, 0.15) is 0 Å². The molecule has 0 spiro atoms. The molecule has 1 amide bonds. The van der Waals surface area contributed by atoms with Gasteiger partial charge in [0.15, 0.2) is 11.5 Å². The van der Waals surface area contributed by atoms with E-state index in [1.807, 2.05) is 68.4 Å². The third-order valence-electron chi connectivity index (χ3n) is 3.63. The summed E-state index contributed by atoms with van der Waals surface area (Å²) < 4.78 is 11.2. The van der Waals surface area contributed by atoms with Gasteiger partial charge in [-0.3, -0.25) is 4.79 Å². The summed E-state index contributed by atoms with van der Waals surface area (Å²) in [5.41, 5.74) is 1.10. The molecule has 4 heteroatoms. The van der Waals surface area contributed by atoms with Crippen LogP contribution in [-0.2, 0) is 4.79 Å². The third kappa shape index (κ3) is 5.61. The van der Waals surface area contributed by atoms with E-state index in [-0.39, 0.29) is 11.9 Å². The first-order valence-electron chi connectivity index (χ1n) is 8.39. The monoisotopic (exact) mass is 327 g/mol. The summed E-state index contributed by atoms with van der Waals surface area (Å²) in [5, 5.41) is 3.01. The molecule has 2 aromatic rings. The highest BCUT2D eigenvalue weighted by atomic mass is 16.5. The zero-order valence-corrected chi connectivity index (χ0v) is 14.3. The number of rotatable bonds is 9. The van der Waals surface area contributed by atoms with Crippen molar-refractivity contribution in [3.05, 3.63) is 60.2 Å². The fourth-order valence-electron chi connectivity index (χ4n) is 2.40. The van der Waals surface area contributed by atoms with Crippen LogP contribution in [0, 0.1) is 0 Å². The van der Waals surface area contributed by atoms with E-state index >= 15 is 0 Å². The van der Waals surface area contributed by atoms with Crippen molar-refractivity contribution in [1.29, 1.82) is 0 Å². The molecule has 0 heterocycles. The van der Waals surface area contributed by atoms with Crippen LogP contribution >= 0.6 is 0 Å². The minimum Gasteiger partial charge on any atom is -0.490 e. The summed E-state index contributed by atoms with van der Waals surface area (Å²) >= 11 is 0. The molecule has 2 aromatic carbocycles. The van der Waals surface area contributed by atoms with Crippen molar-refractivity contribution < 1.29 is 14.3 Å². The predicted octanol–water partition coefficient (Wildman–Crippen LogP) is 4.12. The molecule has 0 fully saturated rings. The molecule has 4 nitrogen and oxygen atoms in total. The van der Waals surface area contributed by atoms with E-state index in [1.165, 1.54) is 0 Å². The Morgan fingerprint density at radius 2 is 1.62 bits per heavy atom. The molecule has 0 bridgehead atoms. The molecule has 1 atom stereocenters. The fraction of sp³-hybridized carbons (Fsp3) is 0.350. The summed E-state index contributed by atoms with van der Waals surface area (Å²) in [4.78, 5) is 12.0. The maximum atomic E-state index is 12.0. The normalized spacial score (nSPS) is 11.6. The van der Waals surface area contributed by atoms with Gasteiger partial charge in [0.25, 0.3) is 0 Å². The van der Waals surface area contributed by atoms with Crippen molar-refractivity contribution in [2.24, 2.45) is 0 Å². The van der Waals surface area contributed by atoms with Crippen LogP contribution in [-0.4, -0.2) is 19.1 Å². The Hall–Kier alpha value is -2.49. The second kappa shape index (κ2) is 9.60. The van der Waals surface area contributed by atoms with E-state index in [2.05, 4.69) is 5.32 Å². The van der Waals surface area contributed by atoms with Crippen LogP contribution < -0.4 is 14.8 Å². The SMILES string of the molecule is CCOc1ccccc1OCCCC(=O)NC(C)c1ccccc1. The van der Waals surface area contributed by atoms with Gasteiger partial charge in [-0.2, -0.15) is 0 Å². The Morgan fingerprint density at radius 1 is 1.00 bits per heavy atom. The number of amides is 1. The summed E-state index contributed by atoms with van der Waals surface area (Å²) in [6.07, 6.45) is 1.10. The van der Waals surface area contributed by atoms with Crippen LogP contribution in [0.15, 0.2) is 54.6 Å². The summed E-state index contributed by atoms with van der Waals surface area (Å²) in [6.45, 7) is 5.01. The second-order valence-corrected chi connectivity index (χ2v) is 5.53. The van der Waals surface area contributed by atoms with E-state index in [4.69, 9.17) is 9.47 Å². The standard InChI is InChI=1S/C20H25NO3/c1-3-23-18-12-7-8-13-19(18)24-15-9-14-20(22)21-16(2)17-10-5-4-6-11-17/h4-8,10-13,16H,3,9,14-15H2,1-2H3,(H,21,22). The van der Waals surface area contributed by atoms with Crippen molar-refractivity contribution in [2.45, 2.75) is 32.7 Å². The average molecular weight is 327 g/mol. The Kier molecular flexibility index (Phi) is 7.15. The molecule has 24 heavy (non-hydrogen) atoms. The first-order valence-corrected chi connectivity index (χ1v) is 8.39. The third-order valence-corrected chi connectivity index (χ3v) is 3.63. The Morgan fingerprint density at radius 3 is 2.29 bits per heavy atom. The number of benzene rings is 2. The first-order chi connectivity index (χ1) is 11.7. The minimum atomic E-state index is 0.0123. The topological polar surface area (TPSA) is 47.6 Å². The van der Waals surface area contributed by atoms with Gasteiger partial charge in [-0.05, 0) is 38.0 Å². The summed E-state index contributed by atoms with van der Waals surface area (Å²) in [7, 11) is 0. The van der Waals surface area contributed by atoms with Crippen molar-refractivity contribution in [3.8, 4) is 11.5 Å². The molecule has 0 aliphatic rings. The van der Waals surface area contributed by atoms with E-state index in [0.717, 1.165) is 17.1 Å². The maximum Gasteiger partial charge on any atom is 0.220 e. The van der Waals surface area contributed by atoms with Crippen LogP contribution in [0.25, 0.3) is 0 Å². The van der Waals surface area contributed by atoms with Gasteiger partial charge in [0, 0.05) is 6.42 Å². The molecule has 0 aromatic heterocycles. The highest BCUT2D eigenvalue weighted by Gasteiger charge is 2.09. The molecule has 1 N–H and O–H groups in total.